The second kappa shape index (κ2) is 5.60. The first-order valence-corrected chi connectivity index (χ1v) is 5.02. The smallest absolute Gasteiger partial charge is 0.133 e. The molecule has 0 N–H and O–H groups in total. The molecule has 0 saturated heterocycles. The van der Waals surface area contributed by atoms with E-state index in [0.29, 0.717) is 0 Å². The summed E-state index contributed by atoms with van der Waals surface area (Å²) in [5, 5.41) is -0.0000926. The van der Waals surface area contributed by atoms with Crippen LogP contribution in [0.15, 0.2) is 47.9 Å². The van der Waals surface area contributed by atoms with Gasteiger partial charge < -0.3 is 4.79 Å². The van der Waals surface area contributed by atoms with Crippen LogP contribution in [0.4, 0.5) is 0 Å². The Morgan fingerprint density at radius 3 is 2.62 bits per heavy atom. The number of benzene rings is 1. The van der Waals surface area contributed by atoms with Crippen LogP contribution < -0.4 is 0 Å². The third-order valence-corrected chi connectivity index (χ3v) is 2.73. The highest BCUT2D eigenvalue weighted by atomic mass is 32.2. The van der Waals surface area contributed by atoms with E-state index in [1.807, 2.05) is 30.3 Å². The lowest BCUT2D eigenvalue weighted by molar-refractivity contribution is -0.107. The van der Waals surface area contributed by atoms with Crippen molar-refractivity contribution in [2.45, 2.75) is 16.6 Å². The highest BCUT2D eigenvalue weighted by Gasteiger charge is 2.05. The fraction of sp³-hybridized carbons (Fsp3) is 0.182. The summed E-state index contributed by atoms with van der Waals surface area (Å²) in [6.07, 6.45) is 3.47. The topological polar surface area (TPSA) is 17.1 Å². The number of allylic oxidation sites excluding steroid dienone is 1. The van der Waals surface area contributed by atoms with Gasteiger partial charge in [-0.3, -0.25) is 0 Å². The van der Waals surface area contributed by atoms with Gasteiger partial charge in [0.2, 0.25) is 0 Å². The summed E-state index contributed by atoms with van der Waals surface area (Å²) >= 11 is 1.57. The Bertz CT molecular complexity index is 269. The van der Waals surface area contributed by atoms with Crippen LogP contribution in [-0.2, 0) is 4.79 Å². The standard InChI is InChI=1S/C11H12OS/c1-2-6-11(9-12)13-10-7-4-3-5-8-10/h2-5,7-9,11H,1,6H2/t11-/m0/s1. The van der Waals surface area contributed by atoms with Crippen LogP contribution in [0.1, 0.15) is 6.42 Å². The molecule has 0 spiro atoms. The molecule has 1 aromatic rings. The van der Waals surface area contributed by atoms with E-state index in [9.17, 15) is 4.79 Å². The molecule has 13 heavy (non-hydrogen) atoms. The van der Waals surface area contributed by atoms with Gasteiger partial charge in [0.25, 0.3) is 0 Å². The fourth-order valence-electron chi connectivity index (χ4n) is 0.970. The maximum absolute atomic E-state index is 10.6. The van der Waals surface area contributed by atoms with E-state index in [4.69, 9.17) is 0 Å². The minimum atomic E-state index is -0.0000926. The molecule has 0 radical (unpaired) electrons. The Morgan fingerprint density at radius 2 is 2.08 bits per heavy atom. The number of thioether (sulfide) groups is 1. The van der Waals surface area contributed by atoms with Gasteiger partial charge in [-0.05, 0) is 18.6 Å². The summed E-state index contributed by atoms with van der Waals surface area (Å²) < 4.78 is 0. The number of carbonyl (C=O) groups excluding carboxylic acids is 1. The Kier molecular flexibility index (Phi) is 4.33. The zero-order valence-electron chi connectivity index (χ0n) is 7.35. The number of hydrogen-bond acceptors (Lipinski definition) is 2. The minimum absolute atomic E-state index is 0.0000926. The molecule has 0 saturated carbocycles. The van der Waals surface area contributed by atoms with E-state index in [-0.39, 0.29) is 5.25 Å². The summed E-state index contributed by atoms with van der Waals surface area (Å²) in [4.78, 5) is 11.8. The second-order valence-corrected chi connectivity index (χ2v) is 3.94. The van der Waals surface area contributed by atoms with Crippen molar-refractivity contribution in [3.8, 4) is 0 Å². The lowest BCUT2D eigenvalue weighted by Gasteiger charge is -2.06. The Morgan fingerprint density at radius 1 is 1.38 bits per heavy atom. The van der Waals surface area contributed by atoms with Crippen molar-refractivity contribution >= 4 is 18.0 Å². The summed E-state index contributed by atoms with van der Waals surface area (Å²) in [7, 11) is 0. The quantitative estimate of drug-likeness (QED) is 0.405. The second-order valence-electron chi connectivity index (χ2n) is 2.63. The predicted molar refractivity (Wildman–Crippen MR) is 57.0 cm³/mol. The Labute approximate surface area is 82.9 Å². The van der Waals surface area contributed by atoms with E-state index < -0.39 is 0 Å². The molecule has 1 aromatic carbocycles. The van der Waals surface area contributed by atoms with E-state index in [1.54, 1.807) is 17.8 Å². The first-order chi connectivity index (χ1) is 6.36. The van der Waals surface area contributed by atoms with Crippen LogP contribution in [0, 0.1) is 0 Å². The van der Waals surface area contributed by atoms with E-state index >= 15 is 0 Å². The summed E-state index contributed by atoms with van der Waals surface area (Å²) in [6, 6.07) is 9.91. The van der Waals surface area contributed by atoms with Gasteiger partial charge in [0.05, 0.1) is 5.25 Å². The third kappa shape index (κ3) is 3.47. The first-order valence-electron chi connectivity index (χ1n) is 4.14. The molecule has 0 aromatic heterocycles. The molecule has 1 nitrogen and oxygen atoms in total. The van der Waals surface area contributed by atoms with Crippen molar-refractivity contribution in [2.24, 2.45) is 0 Å². The lowest BCUT2D eigenvalue weighted by Crippen LogP contribution is -2.01. The van der Waals surface area contributed by atoms with Gasteiger partial charge in [-0.15, -0.1) is 18.3 Å². The van der Waals surface area contributed by atoms with Gasteiger partial charge in [-0.25, -0.2) is 0 Å². The molecule has 0 amide bonds. The highest BCUT2D eigenvalue weighted by molar-refractivity contribution is 8.00. The van der Waals surface area contributed by atoms with Gasteiger partial charge in [0.1, 0.15) is 6.29 Å². The maximum Gasteiger partial charge on any atom is 0.133 e. The van der Waals surface area contributed by atoms with E-state index in [2.05, 4.69) is 6.58 Å². The molecular weight excluding hydrogens is 180 g/mol. The monoisotopic (exact) mass is 192 g/mol. The molecule has 2 heteroatoms. The van der Waals surface area contributed by atoms with E-state index in [0.717, 1.165) is 17.6 Å². The van der Waals surface area contributed by atoms with Crippen LogP contribution >= 0.6 is 11.8 Å². The molecule has 0 aliphatic carbocycles. The molecular formula is C11H12OS. The van der Waals surface area contributed by atoms with Gasteiger partial charge >= 0.3 is 0 Å². The molecule has 1 rings (SSSR count). The van der Waals surface area contributed by atoms with Crippen molar-refractivity contribution < 1.29 is 4.79 Å². The molecule has 0 aliphatic heterocycles. The summed E-state index contributed by atoms with van der Waals surface area (Å²) in [5.74, 6) is 0. The van der Waals surface area contributed by atoms with Gasteiger partial charge in [0, 0.05) is 4.90 Å². The molecule has 0 aliphatic rings. The molecule has 0 heterocycles. The number of rotatable bonds is 5. The van der Waals surface area contributed by atoms with Crippen LogP contribution in [-0.4, -0.2) is 11.5 Å². The predicted octanol–water partition coefficient (Wildman–Crippen LogP) is 2.92. The van der Waals surface area contributed by atoms with Gasteiger partial charge in [0.15, 0.2) is 0 Å². The van der Waals surface area contributed by atoms with Crippen LogP contribution in [0.25, 0.3) is 0 Å². The van der Waals surface area contributed by atoms with E-state index in [1.165, 1.54) is 0 Å². The Balaban J connectivity index is 2.56. The normalized spacial score (nSPS) is 12.0. The first kappa shape index (κ1) is 10.1. The molecule has 0 fully saturated rings. The summed E-state index contributed by atoms with van der Waals surface area (Å²) in [6.45, 7) is 3.62. The van der Waals surface area contributed by atoms with Gasteiger partial charge in [-0.2, -0.15) is 0 Å². The largest absolute Gasteiger partial charge is 0.302 e. The fourth-order valence-corrected chi connectivity index (χ4v) is 1.92. The average Bonchev–Trinajstić information content (AvgIpc) is 2.19. The molecule has 68 valence electrons. The van der Waals surface area contributed by atoms with Crippen LogP contribution in [0.3, 0.4) is 0 Å². The number of hydrogen-bond donors (Lipinski definition) is 0. The third-order valence-electron chi connectivity index (χ3n) is 1.58. The average molecular weight is 192 g/mol. The van der Waals surface area contributed by atoms with Crippen LogP contribution in [0.2, 0.25) is 0 Å². The zero-order valence-corrected chi connectivity index (χ0v) is 8.17. The van der Waals surface area contributed by atoms with Crippen molar-refractivity contribution in [3.63, 3.8) is 0 Å². The number of carbonyl (C=O) groups is 1. The van der Waals surface area contributed by atoms with Crippen molar-refractivity contribution in [1.29, 1.82) is 0 Å². The zero-order chi connectivity index (χ0) is 9.52. The minimum Gasteiger partial charge on any atom is -0.302 e. The van der Waals surface area contributed by atoms with Crippen molar-refractivity contribution in [1.82, 2.24) is 0 Å². The molecule has 0 bridgehead atoms. The maximum atomic E-state index is 10.6. The Hall–Kier alpha value is -1.02. The molecule has 1 atom stereocenters. The molecule has 0 unspecified atom stereocenters. The van der Waals surface area contributed by atoms with Crippen molar-refractivity contribution in [3.05, 3.63) is 43.0 Å². The van der Waals surface area contributed by atoms with Gasteiger partial charge in [-0.1, -0.05) is 24.3 Å². The number of aldehydes is 1. The van der Waals surface area contributed by atoms with Crippen LogP contribution in [0.5, 0.6) is 0 Å². The van der Waals surface area contributed by atoms with Crippen molar-refractivity contribution in [2.75, 3.05) is 0 Å². The lowest BCUT2D eigenvalue weighted by atomic mass is 10.3. The highest BCUT2D eigenvalue weighted by Crippen LogP contribution is 2.23. The SMILES string of the molecule is C=CC[C@@H](C=O)Sc1ccccc1. The summed E-state index contributed by atoms with van der Waals surface area (Å²) in [5.41, 5.74) is 0.